The van der Waals surface area contributed by atoms with Crippen molar-refractivity contribution in [2.75, 3.05) is 16.8 Å². The number of aryl methyl sites for hydroxylation is 2. The topological polar surface area (TPSA) is 75.2 Å². The maximum absolute atomic E-state index is 12.6. The summed E-state index contributed by atoms with van der Waals surface area (Å²) >= 11 is 13.2. The third kappa shape index (κ3) is 4.19. The molecule has 0 bridgehead atoms. The zero-order chi connectivity index (χ0) is 21.4. The van der Waals surface area contributed by atoms with Crippen LogP contribution in [0.5, 0.6) is 0 Å². The summed E-state index contributed by atoms with van der Waals surface area (Å²) in [6, 6.07) is 10.7. The van der Waals surface area contributed by atoms with Crippen LogP contribution in [-0.2, 0) is 4.79 Å². The molecule has 9 heteroatoms. The lowest BCUT2D eigenvalue weighted by molar-refractivity contribution is -0.117. The summed E-state index contributed by atoms with van der Waals surface area (Å²) < 4.78 is 0. The highest BCUT2D eigenvalue weighted by molar-refractivity contribution is 7.15. The minimum Gasteiger partial charge on any atom is -0.312 e. The Hall–Kier alpha value is -2.48. The quantitative estimate of drug-likeness (QED) is 0.577. The summed E-state index contributed by atoms with van der Waals surface area (Å²) in [7, 11) is 0. The first-order chi connectivity index (χ1) is 14.3. The van der Waals surface area contributed by atoms with Gasteiger partial charge in [0.25, 0.3) is 5.91 Å². The van der Waals surface area contributed by atoms with Crippen molar-refractivity contribution in [2.24, 2.45) is 0 Å². The van der Waals surface area contributed by atoms with Crippen molar-refractivity contribution in [1.82, 2.24) is 10.2 Å². The molecule has 0 saturated carbocycles. The second-order valence-corrected chi connectivity index (χ2v) is 9.05. The van der Waals surface area contributed by atoms with Gasteiger partial charge >= 0.3 is 0 Å². The zero-order valence-corrected chi connectivity index (χ0v) is 18.6. The van der Waals surface area contributed by atoms with E-state index in [0.717, 1.165) is 11.3 Å². The smallest absolute Gasteiger partial charge is 0.259 e. The van der Waals surface area contributed by atoms with Crippen molar-refractivity contribution >= 4 is 57.2 Å². The average molecular weight is 461 g/mol. The maximum atomic E-state index is 12.6. The van der Waals surface area contributed by atoms with Crippen LogP contribution in [0.15, 0.2) is 36.4 Å². The molecule has 1 atom stereocenters. The number of anilines is 2. The van der Waals surface area contributed by atoms with E-state index >= 15 is 0 Å². The predicted octanol–water partition coefficient (Wildman–Crippen LogP) is 5.23. The van der Waals surface area contributed by atoms with Gasteiger partial charge in [-0.2, -0.15) is 0 Å². The Labute approximate surface area is 187 Å². The first-order valence-corrected chi connectivity index (χ1v) is 10.9. The van der Waals surface area contributed by atoms with Crippen molar-refractivity contribution in [3.63, 3.8) is 0 Å². The Bertz CT molecular complexity index is 1150. The molecule has 6 nitrogen and oxygen atoms in total. The van der Waals surface area contributed by atoms with Gasteiger partial charge in [0.2, 0.25) is 11.0 Å². The molecule has 1 aliphatic heterocycles. The van der Waals surface area contributed by atoms with E-state index in [-0.39, 0.29) is 16.8 Å². The number of hydrogen-bond acceptors (Lipinski definition) is 5. The summed E-state index contributed by atoms with van der Waals surface area (Å²) in [5, 5.41) is 12.8. The number of aromatic nitrogens is 2. The van der Waals surface area contributed by atoms with E-state index in [2.05, 4.69) is 15.5 Å². The fraction of sp³-hybridized carbons (Fsp3) is 0.238. The minimum absolute atomic E-state index is 0.0528. The lowest BCUT2D eigenvalue weighted by atomic mass is 10.1. The molecule has 30 heavy (non-hydrogen) atoms. The Morgan fingerprint density at radius 3 is 2.67 bits per heavy atom. The van der Waals surface area contributed by atoms with Gasteiger partial charge < -0.3 is 4.90 Å². The maximum Gasteiger partial charge on any atom is 0.259 e. The highest BCUT2D eigenvalue weighted by atomic mass is 35.5. The molecule has 3 aromatic rings. The fourth-order valence-electron chi connectivity index (χ4n) is 3.30. The highest BCUT2D eigenvalue weighted by Gasteiger charge is 2.34. The van der Waals surface area contributed by atoms with Crippen molar-refractivity contribution in [1.29, 1.82) is 0 Å². The number of halogens is 2. The molecular weight excluding hydrogens is 443 g/mol. The molecule has 154 valence electrons. The van der Waals surface area contributed by atoms with Gasteiger partial charge in [0.05, 0.1) is 10.6 Å². The molecule has 1 saturated heterocycles. The Kier molecular flexibility index (Phi) is 5.77. The minimum atomic E-state index is -0.390. The predicted molar refractivity (Wildman–Crippen MR) is 120 cm³/mol. The lowest BCUT2D eigenvalue weighted by Gasteiger charge is -2.17. The van der Waals surface area contributed by atoms with Crippen molar-refractivity contribution in [3.05, 3.63) is 68.1 Å². The Balaban J connectivity index is 1.47. The van der Waals surface area contributed by atoms with E-state index in [1.807, 2.05) is 32.0 Å². The second-order valence-electron chi connectivity index (χ2n) is 7.20. The number of nitrogens with one attached hydrogen (secondary N) is 1. The average Bonchev–Trinajstić information content (AvgIpc) is 3.30. The van der Waals surface area contributed by atoms with Crippen LogP contribution < -0.4 is 10.2 Å². The molecule has 2 amide bonds. The number of hydrogen-bond donors (Lipinski definition) is 1. The number of carbonyl (C=O) groups is 2. The van der Waals surface area contributed by atoms with Crippen LogP contribution in [0.2, 0.25) is 10.0 Å². The van der Waals surface area contributed by atoms with Gasteiger partial charge in [-0.05, 0) is 55.3 Å². The first kappa shape index (κ1) is 20.8. The standard InChI is InChI=1S/C21H18Cl2N4O2S/c1-11-3-5-15(7-12(11)2)27-10-13(8-18(27)28)20-25-26-21(30-20)24-19(29)16-6-4-14(22)9-17(16)23/h3-7,9,13H,8,10H2,1-2H3,(H,24,26,29). The van der Waals surface area contributed by atoms with Crippen molar-refractivity contribution in [2.45, 2.75) is 26.2 Å². The van der Waals surface area contributed by atoms with Crippen LogP contribution in [0.25, 0.3) is 0 Å². The van der Waals surface area contributed by atoms with Crippen LogP contribution in [0.3, 0.4) is 0 Å². The summed E-state index contributed by atoms with van der Waals surface area (Å²) in [5.74, 6) is -0.406. The summed E-state index contributed by atoms with van der Waals surface area (Å²) in [6.45, 7) is 4.61. The molecule has 1 unspecified atom stereocenters. The molecule has 0 aliphatic carbocycles. The molecule has 0 radical (unpaired) electrons. The van der Waals surface area contributed by atoms with Crippen LogP contribution in [0.1, 0.15) is 38.8 Å². The SMILES string of the molecule is Cc1ccc(N2CC(c3nnc(NC(=O)c4ccc(Cl)cc4Cl)s3)CC2=O)cc1C. The molecule has 1 N–H and O–H groups in total. The van der Waals surface area contributed by atoms with E-state index < -0.39 is 5.91 Å². The molecular formula is C21H18Cl2N4O2S. The molecule has 1 aromatic heterocycles. The molecule has 0 spiro atoms. The van der Waals surface area contributed by atoms with Gasteiger partial charge in [-0.15, -0.1) is 10.2 Å². The number of nitrogens with zero attached hydrogens (tertiary/aromatic N) is 3. The fourth-order valence-corrected chi connectivity index (χ4v) is 4.63. The van der Waals surface area contributed by atoms with Gasteiger partial charge in [0, 0.05) is 29.6 Å². The normalized spacial score (nSPS) is 16.2. The third-order valence-electron chi connectivity index (χ3n) is 5.11. The van der Waals surface area contributed by atoms with Gasteiger partial charge in [-0.3, -0.25) is 14.9 Å². The number of carbonyl (C=O) groups excluding carboxylic acids is 2. The molecule has 1 fully saturated rings. The molecule has 1 aliphatic rings. The third-order valence-corrected chi connectivity index (χ3v) is 6.66. The van der Waals surface area contributed by atoms with Crippen LogP contribution in [0, 0.1) is 13.8 Å². The summed E-state index contributed by atoms with van der Waals surface area (Å²) in [5.41, 5.74) is 3.52. The van der Waals surface area contributed by atoms with E-state index in [9.17, 15) is 9.59 Å². The van der Waals surface area contributed by atoms with Gasteiger partial charge in [-0.1, -0.05) is 40.6 Å². The first-order valence-electron chi connectivity index (χ1n) is 9.29. The zero-order valence-electron chi connectivity index (χ0n) is 16.3. The number of amides is 2. The monoisotopic (exact) mass is 460 g/mol. The Morgan fingerprint density at radius 1 is 1.13 bits per heavy atom. The van der Waals surface area contributed by atoms with Crippen LogP contribution >= 0.6 is 34.5 Å². The number of rotatable bonds is 4. The molecule has 4 rings (SSSR count). The van der Waals surface area contributed by atoms with Crippen molar-refractivity contribution < 1.29 is 9.59 Å². The molecule has 2 aromatic carbocycles. The van der Waals surface area contributed by atoms with Crippen LogP contribution in [-0.4, -0.2) is 28.6 Å². The van der Waals surface area contributed by atoms with E-state index in [1.54, 1.807) is 17.0 Å². The van der Waals surface area contributed by atoms with Crippen molar-refractivity contribution in [3.8, 4) is 0 Å². The van der Waals surface area contributed by atoms with Gasteiger partial charge in [0.15, 0.2) is 0 Å². The lowest BCUT2D eigenvalue weighted by Crippen LogP contribution is -2.24. The molecule has 2 heterocycles. The summed E-state index contributed by atoms with van der Waals surface area (Å²) in [6.07, 6.45) is 0.360. The highest BCUT2D eigenvalue weighted by Crippen LogP contribution is 2.35. The number of benzene rings is 2. The van der Waals surface area contributed by atoms with Crippen LogP contribution in [0.4, 0.5) is 10.8 Å². The Morgan fingerprint density at radius 2 is 1.93 bits per heavy atom. The largest absolute Gasteiger partial charge is 0.312 e. The van der Waals surface area contributed by atoms with E-state index in [4.69, 9.17) is 23.2 Å². The van der Waals surface area contributed by atoms with Gasteiger partial charge in [-0.25, -0.2) is 0 Å². The van der Waals surface area contributed by atoms with Gasteiger partial charge in [0.1, 0.15) is 5.01 Å². The summed E-state index contributed by atoms with van der Waals surface area (Å²) in [4.78, 5) is 26.8. The van der Waals surface area contributed by atoms with E-state index in [1.165, 1.54) is 23.0 Å². The second kappa shape index (κ2) is 8.34. The van der Waals surface area contributed by atoms with E-state index in [0.29, 0.717) is 33.7 Å².